The molecule has 2 aliphatic rings. The number of nitrogens with two attached hydrogens (primary N) is 1. The van der Waals surface area contributed by atoms with Crippen LogP contribution in [0.5, 0.6) is 0 Å². The normalized spacial score (nSPS) is 21.2. The van der Waals surface area contributed by atoms with Gasteiger partial charge in [-0.15, -0.1) is 11.8 Å². The Bertz CT molecular complexity index is 903. The predicted molar refractivity (Wildman–Crippen MR) is 109 cm³/mol. The second-order valence-corrected chi connectivity index (χ2v) is 7.73. The van der Waals surface area contributed by atoms with Crippen LogP contribution < -0.4 is 5.73 Å². The Morgan fingerprint density at radius 3 is 2.25 bits per heavy atom. The molecule has 1 amide bonds. The number of carbonyl (C=O) groups excluding carboxylic acids is 2. The molecule has 0 radical (unpaired) electrons. The molecule has 6 heteroatoms. The molecule has 2 aliphatic heterocycles. The third kappa shape index (κ3) is 3.15. The third-order valence-electron chi connectivity index (χ3n) is 4.91. The zero-order valence-corrected chi connectivity index (χ0v) is 16.0. The topological polar surface area (TPSA) is 72.6 Å². The number of nitrogens with zero attached hydrogens (tertiary/aromatic N) is 1. The van der Waals surface area contributed by atoms with E-state index >= 15 is 0 Å². The average molecular weight is 392 g/mol. The van der Waals surface area contributed by atoms with E-state index in [0.29, 0.717) is 11.3 Å². The van der Waals surface area contributed by atoms with Gasteiger partial charge in [0.2, 0.25) is 5.91 Å². The van der Waals surface area contributed by atoms with Crippen LogP contribution in [0.2, 0.25) is 0 Å². The molecule has 1 fully saturated rings. The van der Waals surface area contributed by atoms with Gasteiger partial charge < -0.3 is 10.5 Å². The van der Waals surface area contributed by atoms with E-state index in [4.69, 9.17) is 10.5 Å². The number of amides is 1. The van der Waals surface area contributed by atoms with Crippen molar-refractivity contribution in [3.8, 4) is 0 Å². The van der Waals surface area contributed by atoms with Crippen LogP contribution >= 0.6 is 11.8 Å². The fourth-order valence-electron chi connectivity index (χ4n) is 3.43. The van der Waals surface area contributed by atoms with Crippen molar-refractivity contribution in [1.82, 2.24) is 4.90 Å². The highest BCUT2D eigenvalue weighted by atomic mass is 32.2. The molecule has 2 heterocycles. The van der Waals surface area contributed by atoms with Gasteiger partial charge in [-0.2, -0.15) is 0 Å². The van der Waals surface area contributed by atoms with Gasteiger partial charge >= 0.3 is 5.97 Å². The number of esters is 1. The lowest BCUT2D eigenvalue weighted by Gasteiger charge is -2.48. The molecule has 0 bridgehead atoms. The SMILES string of the molecule is C=CC1=C(C(=O)OC(c2ccccc2)c2ccccc2)N2C(=O)[C@H](N)[C@H]2SC1. The van der Waals surface area contributed by atoms with E-state index in [0.717, 1.165) is 11.1 Å². The Balaban J connectivity index is 1.69. The number of carbonyl (C=O) groups is 2. The van der Waals surface area contributed by atoms with Gasteiger partial charge in [0.15, 0.2) is 6.10 Å². The summed E-state index contributed by atoms with van der Waals surface area (Å²) < 4.78 is 5.94. The summed E-state index contributed by atoms with van der Waals surface area (Å²) in [4.78, 5) is 27.0. The molecule has 2 aromatic rings. The summed E-state index contributed by atoms with van der Waals surface area (Å²) >= 11 is 1.53. The summed E-state index contributed by atoms with van der Waals surface area (Å²) in [5.41, 5.74) is 8.55. The minimum absolute atomic E-state index is 0.231. The molecule has 4 rings (SSSR count). The molecular formula is C22H20N2O3S. The second-order valence-electron chi connectivity index (χ2n) is 6.62. The van der Waals surface area contributed by atoms with Crippen molar-refractivity contribution in [1.29, 1.82) is 0 Å². The molecule has 2 N–H and O–H groups in total. The lowest BCUT2D eigenvalue weighted by Crippen LogP contribution is -2.68. The van der Waals surface area contributed by atoms with Crippen molar-refractivity contribution in [3.63, 3.8) is 0 Å². The van der Waals surface area contributed by atoms with Crippen LogP contribution in [0.4, 0.5) is 0 Å². The van der Waals surface area contributed by atoms with Crippen LogP contribution in [-0.2, 0) is 14.3 Å². The van der Waals surface area contributed by atoms with Gasteiger partial charge in [-0.1, -0.05) is 73.3 Å². The summed E-state index contributed by atoms with van der Waals surface area (Å²) in [5, 5.41) is -0.231. The first-order valence-electron chi connectivity index (χ1n) is 8.98. The minimum Gasteiger partial charge on any atom is -0.448 e. The maximum Gasteiger partial charge on any atom is 0.356 e. The fraction of sp³-hybridized carbons (Fsp3) is 0.182. The molecule has 142 valence electrons. The standard InChI is InChI=1S/C22H20N2O3S/c1-2-14-13-28-21-17(23)20(25)24(21)18(14)22(26)27-19(15-9-5-3-6-10-15)16-11-7-4-8-12-16/h2-12,17,19,21H,1,13,23H2/t17-,21+/m0/s1. The van der Waals surface area contributed by atoms with Crippen LogP contribution in [0.25, 0.3) is 0 Å². The Morgan fingerprint density at radius 1 is 1.14 bits per heavy atom. The number of thioether (sulfide) groups is 1. The molecule has 5 nitrogen and oxygen atoms in total. The van der Waals surface area contributed by atoms with Crippen molar-refractivity contribution < 1.29 is 14.3 Å². The first kappa shape index (κ1) is 18.5. The number of hydrogen-bond donors (Lipinski definition) is 1. The smallest absolute Gasteiger partial charge is 0.356 e. The van der Waals surface area contributed by atoms with Gasteiger partial charge in [-0.05, 0) is 16.7 Å². The summed E-state index contributed by atoms with van der Waals surface area (Å²) in [6.45, 7) is 3.79. The third-order valence-corrected chi connectivity index (χ3v) is 6.23. The number of benzene rings is 2. The lowest BCUT2D eigenvalue weighted by atomic mass is 10.0. The largest absolute Gasteiger partial charge is 0.448 e. The molecule has 2 atom stereocenters. The summed E-state index contributed by atoms with van der Waals surface area (Å²) in [6, 6.07) is 18.5. The number of ether oxygens (including phenoxy) is 1. The van der Waals surface area contributed by atoms with Crippen LogP contribution in [0.1, 0.15) is 17.2 Å². The number of rotatable bonds is 5. The number of β-lactam (4-membered cyclic amide) rings is 1. The molecule has 0 saturated carbocycles. The Kier molecular flexibility index (Phi) is 5.07. The highest BCUT2D eigenvalue weighted by Crippen LogP contribution is 2.40. The fourth-order valence-corrected chi connectivity index (χ4v) is 4.72. The molecule has 0 aliphatic carbocycles. The van der Waals surface area contributed by atoms with Crippen molar-refractivity contribution >= 4 is 23.6 Å². The van der Waals surface area contributed by atoms with Crippen molar-refractivity contribution in [2.45, 2.75) is 17.5 Å². The van der Waals surface area contributed by atoms with Gasteiger partial charge in [0, 0.05) is 5.75 Å². The molecule has 0 spiro atoms. The molecule has 28 heavy (non-hydrogen) atoms. The molecule has 0 aromatic heterocycles. The van der Waals surface area contributed by atoms with E-state index in [1.54, 1.807) is 6.08 Å². The van der Waals surface area contributed by atoms with E-state index in [9.17, 15) is 9.59 Å². The summed E-state index contributed by atoms with van der Waals surface area (Å²) in [6.07, 6.45) is 1.03. The highest BCUT2D eigenvalue weighted by Gasteiger charge is 2.52. The highest BCUT2D eigenvalue weighted by molar-refractivity contribution is 8.00. The molecule has 1 saturated heterocycles. The predicted octanol–water partition coefficient (Wildman–Crippen LogP) is 3.00. The average Bonchev–Trinajstić information content (AvgIpc) is 2.76. The maximum absolute atomic E-state index is 13.2. The summed E-state index contributed by atoms with van der Waals surface area (Å²) in [5.74, 6) is -0.241. The van der Waals surface area contributed by atoms with Crippen LogP contribution in [0, 0.1) is 0 Å². The number of allylic oxidation sites excluding steroid dienone is 1. The van der Waals surface area contributed by atoms with E-state index < -0.39 is 18.1 Å². The quantitative estimate of drug-likeness (QED) is 0.626. The number of hydrogen-bond acceptors (Lipinski definition) is 5. The maximum atomic E-state index is 13.2. The van der Waals surface area contributed by atoms with Crippen molar-refractivity contribution in [2.24, 2.45) is 5.73 Å². The van der Waals surface area contributed by atoms with Gasteiger partial charge in [-0.3, -0.25) is 9.69 Å². The Hall–Kier alpha value is -2.83. The lowest BCUT2D eigenvalue weighted by molar-refractivity contribution is -0.153. The minimum atomic E-state index is -0.585. The van der Waals surface area contributed by atoms with Crippen LogP contribution in [-0.4, -0.2) is 33.9 Å². The van der Waals surface area contributed by atoms with E-state index in [-0.39, 0.29) is 17.0 Å². The first-order chi connectivity index (χ1) is 13.6. The summed E-state index contributed by atoms with van der Waals surface area (Å²) in [7, 11) is 0. The zero-order valence-electron chi connectivity index (χ0n) is 15.2. The van der Waals surface area contributed by atoms with E-state index in [1.165, 1.54) is 16.7 Å². The van der Waals surface area contributed by atoms with Gasteiger partial charge in [-0.25, -0.2) is 4.79 Å². The molecular weight excluding hydrogens is 372 g/mol. The zero-order chi connectivity index (χ0) is 19.7. The Morgan fingerprint density at radius 2 is 1.71 bits per heavy atom. The van der Waals surface area contributed by atoms with Crippen molar-refractivity contribution in [2.75, 3.05) is 5.75 Å². The van der Waals surface area contributed by atoms with E-state index in [1.807, 2.05) is 60.7 Å². The second kappa shape index (κ2) is 7.66. The van der Waals surface area contributed by atoms with Gasteiger partial charge in [0.25, 0.3) is 0 Å². The Labute approximate surface area is 167 Å². The van der Waals surface area contributed by atoms with Gasteiger partial charge in [0.1, 0.15) is 17.1 Å². The van der Waals surface area contributed by atoms with Crippen LogP contribution in [0.15, 0.2) is 84.6 Å². The van der Waals surface area contributed by atoms with Gasteiger partial charge in [0.05, 0.1) is 0 Å². The molecule has 2 aromatic carbocycles. The first-order valence-corrected chi connectivity index (χ1v) is 10.0. The molecule has 0 unspecified atom stereocenters. The monoisotopic (exact) mass is 392 g/mol. The number of fused-ring (bicyclic) bond motifs is 1. The van der Waals surface area contributed by atoms with Crippen molar-refractivity contribution in [3.05, 3.63) is 95.7 Å². The van der Waals surface area contributed by atoms with Crippen LogP contribution in [0.3, 0.4) is 0 Å². The van der Waals surface area contributed by atoms with E-state index in [2.05, 4.69) is 6.58 Å².